The standard InChI is InChI=1S/C16H17N3O2/c1-10-13(16(21)18-2)4-3-5-14(10)19-15(20)11-6-8-12(17)9-7-11/h3-9H,17H2,1-2H3,(H,18,21)(H,19,20). The number of rotatable bonds is 3. The second-order valence-electron chi connectivity index (χ2n) is 4.63. The highest BCUT2D eigenvalue weighted by Gasteiger charge is 2.12. The fraction of sp³-hybridized carbons (Fsp3) is 0.125. The molecule has 0 bridgehead atoms. The van der Waals surface area contributed by atoms with Crippen molar-refractivity contribution < 1.29 is 9.59 Å². The van der Waals surface area contributed by atoms with E-state index in [9.17, 15) is 9.59 Å². The largest absolute Gasteiger partial charge is 0.399 e. The van der Waals surface area contributed by atoms with Crippen LogP contribution in [0.15, 0.2) is 42.5 Å². The minimum atomic E-state index is -0.243. The molecule has 5 nitrogen and oxygen atoms in total. The van der Waals surface area contributed by atoms with Crippen molar-refractivity contribution in [3.05, 3.63) is 59.2 Å². The van der Waals surface area contributed by atoms with Crippen molar-refractivity contribution in [2.24, 2.45) is 0 Å². The summed E-state index contributed by atoms with van der Waals surface area (Å²) in [6.45, 7) is 1.79. The molecule has 108 valence electrons. The molecule has 0 fully saturated rings. The van der Waals surface area contributed by atoms with E-state index in [0.717, 1.165) is 5.56 Å². The quantitative estimate of drug-likeness (QED) is 0.755. The Hall–Kier alpha value is -2.82. The maximum Gasteiger partial charge on any atom is 0.255 e. The Morgan fingerprint density at radius 1 is 1.00 bits per heavy atom. The Morgan fingerprint density at radius 2 is 1.67 bits per heavy atom. The van der Waals surface area contributed by atoms with E-state index >= 15 is 0 Å². The Morgan fingerprint density at radius 3 is 2.29 bits per heavy atom. The number of amides is 2. The van der Waals surface area contributed by atoms with Crippen LogP contribution in [0.1, 0.15) is 26.3 Å². The number of nitrogens with two attached hydrogens (primary N) is 1. The fourth-order valence-electron chi connectivity index (χ4n) is 1.98. The van der Waals surface area contributed by atoms with Crippen LogP contribution < -0.4 is 16.4 Å². The zero-order valence-electron chi connectivity index (χ0n) is 11.9. The third-order valence-electron chi connectivity index (χ3n) is 3.23. The Kier molecular flexibility index (Phi) is 4.23. The van der Waals surface area contributed by atoms with Gasteiger partial charge in [-0.3, -0.25) is 9.59 Å². The van der Waals surface area contributed by atoms with E-state index in [4.69, 9.17) is 5.73 Å². The van der Waals surface area contributed by atoms with E-state index in [1.165, 1.54) is 0 Å². The normalized spacial score (nSPS) is 10.0. The highest BCUT2D eigenvalue weighted by molar-refractivity contribution is 6.06. The molecule has 0 saturated heterocycles. The summed E-state index contributed by atoms with van der Waals surface area (Å²) in [5, 5.41) is 5.38. The minimum Gasteiger partial charge on any atom is -0.399 e. The molecule has 0 aliphatic rings. The number of anilines is 2. The molecule has 5 heteroatoms. The summed E-state index contributed by atoms with van der Waals surface area (Å²) in [4.78, 5) is 23.9. The Bertz CT molecular complexity index is 678. The number of carbonyl (C=O) groups excluding carboxylic acids is 2. The van der Waals surface area contributed by atoms with E-state index in [2.05, 4.69) is 10.6 Å². The molecule has 2 aromatic rings. The van der Waals surface area contributed by atoms with E-state index in [1.807, 2.05) is 0 Å². The molecule has 0 aliphatic heterocycles. The number of nitrogens with one attached hydrogen (secondary N) is 2. The van der Waals surface area contributed by atoms with Crippen molar-refractivity contribution in [1.82, 2.24) is 5.32 Å². The second-order valence-corrected chi connectivity index (χ2v) is 4.63. The molecule has 2 aromatic carbocycles. The first kappa shape index (κ1) is 14.6. The lowest BCUT2D eigenvalue weighted by molar-refractivity contribution is 0.0960. The number of nitrogen functional groups attached to an aromatic ring is 1. The van der Waals surface area contributed by atoms with Crippen LogP contribution in [0.3, 0.4) is 0 Å². The van der Waals surface area contributed by atoms with Crippen molar-refractivity contribution in [3.63, 3.8) is 0 Å². The summed E-state index contributed by atoms with van der Waals surface area (Å²) in [5.74, 6) is -0.428. The topological polar surface area (TPSA) is 84.2 Å². The number of carbonyl (C=O) groups is 2. The van der Waals surface area contributed by atoms with Gasteiger partial charge in [-0.05, 0) is 48.9 Å². The third kappa shape index (κ3) is 3.20. The molecular formula is C16H17N3O2. The predicted molar refractivity (Wildman–Crippen MR) is 83.4 cm³/mol. The van der Waals surface area contributed by atoms with Gasteiger partial charge in [0.15, 0.2) is 0 Å². The summed E-state index contributed by atoms with van der Waals surface area (Å²) >= 11 is 0. The Balaban J connectivity index is 2.25. The van der Waals surface area contributed by atoms with Crippen LogP contribution >= 0.6 is 0 Å². The Labute approximate surface area is 123 Å². The number of benzene rings is 2. The van der Waals surface area contributed by atoms with Crippen molar-refractivity contribution >= 4 is 23.2 Å². The summed E-state index contributed by atoms with van der Waals surface area (Å²) in [5.41, 5.74) is 8.57. The predicted octanol–water partition coefficient (Wildman–Crippen LogP) is 2.19. The maximum atomic E-state index is 12.2. The van der Waals surface area contributed by atoms with Crippen molar-refractivity contribution in [1.29, 1.82) is 0 Å². The first-order valence-corrected chi connectivity index (χ1v) is 6.51. The average Bonchev–Trinajstić information content (AvgIpc) is 2.49. The maximum absolute atomic E-state index is 12.2. The molecule has 0 atom stereocenters. The van der Waals surface area contributed by atoms with Gasteiger partial charge in [-0.15, -0.1) is 0 Å². The zero-order valence-corrected chi connectivity index (χ0v) is 11.9. The van der Waals surface area contributed by atoms with Gasteiger partial charge in [0.1, 0.15) is 0 Å². The highest BCUT2D eigenvalue weighted by atomic mass is 16.2. The van der Waals surface area contributed by atoms with Crippen LogP contribution in [0.5, 0.6) is 0 Å². The fourth-order valence-corrected chi connectivity index (χ4v) is 1.98. The molecule has 0 aromatic heterocycles. The average molecular weight is 283 g/mol. The highest BCUT2D eigenvalue weighted by Crippen LogP contribution is 2.20. The smallest absolute Gasteiger partial charge is 0.255 e. The lowest BCUT2D eigenvalue weighted by Crippen LogP contribution is -2.20. The van der Waals surface area contributed by atoms with Gasteiger partial charge in [0, 0.05) is 29.5 Å². The van der Waals surface area contributed by atoms with Gasteiger partial charge in [0.05, 0.1) is 0 Å². The molecule has 0 heterocycles. The molecule has 0 spiro atoms. The van der Waals surface area contributed by atoms with Gasteiger partial charge in [0.2, 0.25) is 0 Å². The van der Waals surface area contributed by atoms with Crippen LogP contribution in [0.2, 0.25) is 0 Å². The van der Waals surface area contributed by atoms with E-state index in [1.54, 1.807) is 56.4 Å². The van der Waals surface area contributed by atoms with Gasteiger partial charge in [-0.1, -0.05) is 6.07 Å². The second kappa shape index (κ2) is 6.09. The number of hydrogen-bond donors (Lipinski definition) is 3. The lowest BCUT2D eigenvalue weighted by atomic mass is 10.1. The monoisotopic (exact) mass is 283 g/mol. The molecule has 4 N–H and O–H groups in total. The summed E-state index contributed by atoms with van der Waals surface area (Å²) < 4.78 is 0. The van der Waals surface area contributed by atoms with E-state index in [0.29, 0.717) is 22.5 Å². The molecule has 0 unspecified atom stereocenters. The molecule has 21 heavy (non-hydrogen) atoms. The molecular weight excluding hydrogens is 266 g/mol. The van der Waals surface area contributed by atoms with Crippen molar-refractivity contribution in [2.75, 3.05) is 18.1 Å². The van der Waals surface area contributed by atoms with E-state index < -0.39 is 0 Å². The summed E-state index contributed by atoms with van der Waals surface area (Å²) in [6, 6.07) is 11.9. The SMILES string of the molecule is CNC(=O)c1cccc(NC(=O)c2ccc(N)cc2)c1C. The van der Waals surface area contributed by atoms with Gasteiger partial charge in [-0.2, -0.15) is 0 Å². The van der Waals surface area contributed by atoms with Crippen LogP contribution in [0.4, 0.5) is 11.4 Å². The van der Waals surface area contributed by atoms with Gasteiger partial charge < -0.3 is 16.4 Å². The molecule has 0 radical (unpaired) electrons. The van der Waals surface area contributed by atoms with E-state index in [-0.39, 0.29) is 11.8 Å². The first-order chi connectivity index (χ1) is 10.0. The first-order valence-electron chi connectivity index (χ1n) is 6.51. The van der Waals surface area contributed by atoms with Gasteiger partial charge >= 0.3 is 0 Å². The van der Waals surface area contributed by atoms with Crippen molar-refractivity contribution in [3.8, 4) is 0 Å². The van der Waals surface area contributed by atoms with Crippen LogP contribution in [-0.2, 0) is 0 Å². The molecule has 0 aliphatic carbocycles. The molecule has 2 amide bonds. The van der Waals surface area contributed by atoms with Crippen LogP contribution in [0.25, 0.3) is 0 Å². The minimum absolute atomic E-state index is 0.184. The molecule has 0 saturated carbocycles. The summed E-state index contributed by atoms with van der Waals surface area (Å²) in [7, 11) is 1.57. The van der Waals surface area contributed by atoms with Gasteiger partial charge in [-0.25, -0.2) is 0 Å². The van der Waals surface area contributed by atoms with Crippen molar-refractivity contribution in [2.45, 2.75) is 6.92 Å². The number of hydrogen-bond acceptors (Lipinski definition) is 3. The lowest BCUT2D eigenvalue weighted by Gasteiger charge is -2.12. The van der Waals surface area contributed by atoms with Crippen LogP contribution in [-0.4, -0.2) is 18.9 Å². The van der Waals surface area contributed by atoms with Crippen LogP contribution in [0, 0.1) is 6.92 Å². The summed E-state index contributed by atoms with van der Waals surface area (Å²) in [6.07, 6.45) is 0. The zero-order chi connectivity index (χ0) is 15.4. The van der Waals surface area contributed by atoms with Gasteiger partial charge in [0.25, 0.3) is 11.8 Å². The third-order valence-corrected chi connectivity index (χ3v) is 3.23. The molecule has 2 rings (SSSR count).